The topological polar surface area (TPSA) is 406 Å². The molecule has 660 valence electrons. The highest BCUT2D eigenvalue weighted by Crippen LogP contribution is 2.32. The van der Waals surface area contributed by atoms with Crippen molar-refractivity contribution in [2.45, 2.75) is 348 Å². The molecule has 1 aliphatic carbocycles. The van der Waals surface area contributed by atoms with Crippen molar-refractivity contribution in [3.63, 3.8) is 0 Å². The van der Waals surface area contributed by atoms with E-state index in [0.29, 0.717) is 238 Å². The van der Waals surface area contributed by atoms with Crippen LogP contribution in [-0.2, 0) is 138 Å². The van der Waals surface area contributed by atoms with E-state index in [0.717, 1.165) is 32.1 Å². The first-order valence-electron chi connectivity index (χ1n) is 42.9. The van der Waals surface area contributed by atoms with Crippen LogP contribution in [0, 0.1) is 17.3 Å². The Morgan fingerprint density at radius 1 is 0.270 bits per heavy atom. The molecule has 0 aromatic carbocycles. The van der Waals surface area contributed by atoms with E-state index in [4.69, 9.17) is 66.3 Å². The average Bonchev–Trinajstić information content (AvgIpc) is 0.844. The number of carbonyl (C=O) groups is 15. The first-order valence-corrected chi connectivity index (χ1v) is 42.9. The Morgan fingerprint density at radius 2 is 0.478 bits per heavy atom. The van der Waals surface area contributed by atoms with Crippen LogP contribution >= 0.6 is 0 Å². The summed E-state index contributed by atoms with van der Waals surface area (Å²) in [7, 11) is 0. The monoisotopic (exact) mass is 1640 g/mol. The molecule has 3 atom stereocenters. The maximum atomic E-state index is 13.1. The fraction of sp³-hybridized carbons (Fsp3) is 0.824. The van der Waals surface area contributed by atoms with Gasteiger partial charge in [0.2, 0.25) is 0 Å². The quantitative estimate of drug-likeness (QED) is 0.0336. The third-order valence-electron chi connectivity index (χ3n) is 19.1. The number of rotatable bonds is 75. The summed E-state index contributed by atoms with van der Waals surface area (Å²) in [6.07, 6.45) is 24.5. The van der Waals surface area contributed by atoms with Gasteiger partial charge in [-0.15, -0.1) is 0 Å². The normalized spacial score (nSPS) is 13.4. The van der Waals surface area contributed by atoms with E-state index in [1.807, 2.05) is 13.8 Å². The van der Waals surface area contributed by atoms with Gasteiger partial charge in [-0.3, -0.25) is 71.9 Å². The third-order valence-corrected chi connectivity index (χ3v) is 19.1. The van der Waals surface area contributed by atoms with Crippen LogP contribution < -0.4 is 0 Å². The predicted molar refractivity (Wildman–Crippen MR) is 418 cm³/mol. The molecule has 30 heteroatoms. The van der Waals surface area contributed by atoms with Gasteiger partial charge in [0.15, 0.2) is 6.10 Å². The fourth-order valence-electron chi connectivity index (χ4n) is 11.5. The molecule has 0 aromatic rings. The summed E-state index contributed by atoms with van der Waals surface area (Å²) < 4.78 is 74.1. The summed E-state index contributed by atoms with van der Waals surface area (Å²) in [6.45, 7) is 9.35. The van der Waals surface area contributed by atoms with Crippen LogP contribution in [0.2, 0.25) is 0 Å². The Balaban J connectivity index is 1.89. The second-order valence-electron chi connectivity index (χ2n) is 29.8. The molecular formula is C85H140O30. The highest BCUT2D eigenvalue weighted by atomic mass is 16.6. The second-order valence-corrected chi connectivity index (χ2v) is 29.8. The molecule has 3 unspecified atom stereocenters. The van der Waals surface area contributed by atoms with E-state index < -0.39 is 66.4 Å². The molecule has 0 radical (unpaired) electrons. The molecule has 0 aliphatic heterocycles. The molecule has 0 saturated heterocycles. The van der Waals surface area contributed by atoms with Crippen LogP contribution in [-0.4, -0.2) is 187 Å². The maximum absolute atomic E-state index is 13.1. The van der Waals surface area contributed by atoms with Gasteiger partial charge in [0.1, 0.15) is 13.2 Å². The van der Waals surface area contributed by atoms with Crippen LogP contribution in [0.1, 0.15) is 342 Å². The van der Waals surface area contributed by atoms with Crippen molar-refractivity contribution in [1.82, 2.24) is 0 Å². The van der Waals surface area contributed by atoms with Gasteiger partial charge < -0.3 is 71.4 Å². The number of carbonyl (C=O) groups excluding carboxylic acids is 14. The number of hydrogen-bond donors (Lipinski definition) is 1. The van der Waals surface area contributed by atoms with Crippen LogP contribution in [0.5, 0.6) is 0 Å². The molecule has 0 amide bonds. The van der Waals surface area contributed by atoms with E-state index in [1.54, 1.807) is 13.8 Å². The number of esters is 14. The molecule has 0 aromatic heterocycles. The number of ether oxygens (including phenoxy) is 14. The van der Waals surface area contributed by atoms with E-state index in [9.17, 15) is 77.0 Å². The molecule has 1 fully saturated rings. The van der Waals surface area contributed by atoms with Crippen molar-refractivity contribution in [3.8, 4) is 0 Å². The molecule has 0 bridgehead atoms. The van der Waals surface area contributed by atoms with Gasteiger partial charge in [-0.05, 0) is 232 Å². The summed E-state index contributed by atoms with van der Waals surface area (Å²) in [6, 6.07) is 0. The molecule has 1 rings (SSSR count). The summed E-state index contributed by atoms with van der Waals surface area (Å²) >= 11 is 0. The Morgan fingerprint density at radius 3 is 0.704 bits per heavy atom. The van der Waals surface area contributed by atoms with E-state index in [2.05, 4.69) is 0 Å². The van der Waals surface area contributed by atoms with Crippen molar-refractivity contribution >= 4 is 89.5 Å². The number of hydrogen-bond acceptors (Lipinski definition) is 29. The lowest BCUT2D eigenvalue weighted by Gasteiger charge is -2.29. The smallest absolute Gasteiger partial charge is 0.311 e. The molecule has 0 heterocycles. The number of aliphatic carboxylic acids is 1. The lowest BCUT2D eigenvalue weighted by Crippen LogP contribution is -2.39. The minimum Gasteiger partial charge on any atom is -0.481 e. The van der Waals surface area contributed by atoms with Gasteiger partial charge in [-0.1, -0.05) is 33.1 Å². The number of carboxylic acid groups (broad SMARTS) is 1. The molecule has 0 spiro atoms. The van der Waals surface area contributed by atoms with Gasteiger partial charge in [-0.2, -0.15) is 0 Å². The second kappa shape index (κ2) is 71.4. The minimum atomic E-state index is -1.19. The number of unbranched alkanes of at least 4 members (excludes halogenated alkanes) is 21. The summed E-state index contributed by atoms with van der Waals surface area (Å²) in [5, 5.41) is 9.62. The van der Waals surface area contributed by atoms with Gasteiger partial charge in [0.25, 0.3) is 0 Å². The Labute approximate surface area is 681 Å². The van der Waals surface area contributed by atoms with Gasteiger partial charge in [-0.25, -0.2) is 0 Å². The average molecular weight is 1640 g/mol. The molecule has 30 nitrogen and oxygen atoms in total. The van der Waals surface area contributed by atoms with Gasteiger partial charge in [0, 0.05) is 64.2 Å². The molecule has 1 saturated carbocycles. The Bertz CT molecular complexity index is 2750. The number of carboxylic acids is 1. The lowest BCUT2D eigenvalue weighted by molar-refractivity contribution is -0.176. The zero-order valence-corrected chi connectivity index (χ0v) is 69.9. The molecule has 1 N–H and O–H groups in total. The van der Waals surface area contributed by atoms with Crippen molar-refractivity contribution < 1.29 is 143 Å². The fourth-order valence-corrected chi connectivity index (χ4v) is 11.5. The van der Waals surface area contributed by atoms with Crippen LogP contribution in [0.15, 0.2) is 0 Å². The summed E-state index contributed by atoms with van der Waals surface area (Å²) in [5.41, 5.74) is -0.818. The Hall–Kier alpha value is -7.95. The van der Waals surface area contributed by atoms with E-state index in [-0.39, 0.29) is 177 Å². The maximum Gasteiger partial charge on any atom is 0.311 e. The van der Waals surface area contributed by atoms with Crippen LogP contribution in [0.3, 0.4) is 0 Å². The van der Waals surface area contributed by atoms with Crippen molar-refractivity contribution in [2.75, 3.05) is 85.9 Å². The zero-order valence-electron chi connectivity index (χ0n) is 69.9. The minimum absolute atomic E-state index is 0.0793. The first-order chi connectivity index (χ1) is 55.4. The highest BCUT2D eigenvalue weighted by molar-refractivity contribution is 5.82. The standard InChI is InChI=1S/C85H140O30/c1-5-7-54-102-70(86)42-18-8-30-55-103-71(87)43-19-9-31-56-104-72(88)44-20-10-32-57-105-73(89)45-21-11-33-58-106-74(90)46-22-12-34-59-107-75(91)47-23-13-35-60-108-76(92)48-24-14-36-61-109-77(93)49-25-15-37-62-110-78(94)50-26-16-38-63-111-79(95)51-27-17-39-64-112-80(96)52-53-81(97)113-65-67(66-114-84(101)85(3,4)6-2)115-83(100)69-41-29-28-40-68(69)82(98)99/h67-69H,5-66H2,1-4H3,(H,98,99). The van der Waals surface area contributed by atoms with Crippen molar-refractivity contribution in [1.29, 1.82) is 0 Å². The van der Waals surface area contributed by atoms with Gasteiger partial charge >= 0.3 is 89.5 Å². The van der Waals surface area contributed by atoms with Crippen LogP contribution in [0.4, 0.5) is 0 Å². The summed E-state index contributed by atoms with van der Waals surface area (Å²) in [4.78, 5) is 183. The molecule has 115 heavy (non-hydrogen) atoms. The summed E-state index contributed by atoms with van der Waals surface area (Å²) in [5.74, 6) is -8.49. The molecule has 1 aliphatic rings. The van der Waals surface area contributed by atoms with E-state index in [1.165, 1.54) is 0 Å². The van der Waals surface area contributed by atoms with E-state index >= 15 is 0 Å². The van der Waals surface area contributed by atoms with Crippen molar-refractivity contribution in [3.05, 3.63) is 0 Å². The zero-order chi connectivity index (χ0) is 84.6. The largest absolute Gasteiger partial charge is 0.481 e. The van der Waals surface area contributed by atoms with Crippen LogP contribution in [0.25, 0.3) is 0 Å². The predicted octanol–water partition coefficient (Wildman–Crippen LogP) is 14.5. The highest BCUT2D eigenvalue weighted by Gasteiger charge is 2.39. The SMILES string of the molecule is CCCCOC(=O)CCCCCOC(=O)CCCCCOC(=O)CCCCCOC(=O)CCCCCOC(=O)CCCCCOC(=O)CCCCCOC(=O)CCCCCOC(=O)CCCCCOC(=O)CCCCCOC(=O)CCCCCOC(=O)CCC(=O)OCC(COC(=O)C(C)(C)CC)OC(=O)C1CCCCC1C(=O)O. The first kappa shape index (κ1) is 105. The lowest BCUT2D eigenvalue weighted by atomic mass is 9.79. The Kier molecular flexibility index (Phi) is 65.2. The van der Waals surface area contributed by atoms with Crippen molar-refractivity contribution in [2.24, 2.45) is 17.3 Å². The van der Waals surface area contributed by atoms with Gasteiger partial charge in [0.05, 0.1) is 103 Å². The third kappa shape index (κ3) is 63.9. The molecular weight excluding hydrogens is 1500 g/mol.